The van der Waals surface area contributed by atoms with Crippen LogP contribution in [0.15, 0.2) is 35.0 Å². The lowest BCUT2D eigenvalue weighted by Gasteiger charge is -2.21. The van der Waals surface area contributed by atoms with Gasteiger partial charge in [-0.3, -0.25) is 0 Å². The molecule has 8 heteroatoms. The SMILES string of the molecule is CCOc1ncccc1-c1cc(NCc2cnc(C)o2)c(NC(C)CC)c(C(C)=N)n1. The zero-order valence-corrected chi connectivity index (χ0v) is 18.7. The molecule has 0 aliphatic carbocycles. The van der Waals surface area contributed by atoms with E-state index in [0.29, 0.717) is 42.0 Å². The number of aromatic nitrogens is 3. The molecular weight excluding hydrogens is 392 g/mol. The van der Waals surface area contributed by atoms with E-state index in [4.69, 9.17) is 19.5 Å². The average Bonchev–Trinajstić information content (AvgIpc) is 3.18. The van der Waals surface area contributed by atoms with E-state index in [0.717, 1.165) is 29.1 Å². The number of rotatable bonds is 10. The molecule has 3 heterocycles. The molecule has 0 aromatic carbocycles. The zero-order chi connectivity index (χ0) is 22.4. The third-order valence-corrected chi connectivity index (χ3v) is 4.83. The Balaban J connectivity index is 2.10. The molecule has 0 amide bonds. The van der Waals surface area contributed by atoms with E-state index < -0.39 is 0 Å². The fourth-order valence-electron chi connectivity index (χ4n) is 3.10. The van der Waals surface area contributed by atoms with Crippen LogP contribution in [0.1, 0.15) is 51.5 Å². The molecule has 0 saturated heterocycles. The van der Waals surface area contributed by atoms with Gasteiger partial charge in [-0.2, -0.15) is 0 Å². The first-order chi connectivity index (χ1) is 14.9. The molecule has 1 atom stereocenters. The van der Waals surface area contributed by atoms with E-state index in [-0.39, 0.29) is 6.04 Å². The third-order valence-electron chi connectivity index (χ3n) is 4.83. The smallest absolute Gasteiger partial charge is 0.222 e. The van der Waals surface area contributed by atoms with E-state index in [1.807, 2.05) is 32.0 Å². The van der Waals surface area contributed by atoms with Crippen LogP contribution in [0, 0.1) is 12.3 Å². The standard InChI is InChI=1S/C23H30N6O2/c1-6-14(3)28-22-20(27-13-17-12-26-16(5)31-17)11-19(29-21(22)15(4)24)18-9-8-10-25-23(18)30-7-2/h8-12,14,24,28H,6-7,13H2,1-5H3,(H,27,29). The highest BCUT2D eigenvalue weighted by atomic mass is 16.5. The molecule has 3 aromatic rings. The second kappa shape index (κ2) is 10.1. The fraction of sp³-hybridized carbons (Fsp3) is 0.391. The maximum atomic E-state index is 8.36. The Kier molecular flexibility index (Phi) is 7.23. The normalized spacial score (nSPS) is 11.8. The Morgan fingerprint density at radius 2 is 2.10 bits per heavy atom. The van der Waals surface area contributed by atoms with E-state index in [1.54, 1.807) is 19.3 Å². The van der Waals surface area contributed by atoms with E-state index in [9.17, 15) is 0 Å². The van der Waals surface area contributed by atoms with E-state index in [1.165, 1.54) is 0 Å². The number of ether oxygens (including phenoxy) is 1. The van der Waals surface area contributed by atoms with Gasteiger partial charge in [0.25, 0.3) is 0 Å². The summed E-state index contributed by atoms with van der Waals surface area (Å²) in [5, 5.41) is 15.3. The van der Waals surface area contributed by atoms with Crippen LogP contribution in [0.2, 0.25) is 0 Å². The number of anilines is 2. The van der Waals surface area contributed by atoms with Crippen molar-refractivity contribution in [1.29, 1.82) is 5.41 Å². The molecule has 0 saturated carbocycles. The number of oxazole rings is 1. The van der Waals surface area contributed by atoms with Gasteiger partial charge in [0.1, 0.15) is 11.5 Å². The second-order valence-corrected chi connectivity index (χ2v) is 7.35. The lowest BCUT2D eigenvalue weighted by Crippen LogP contribution is -2.19. The third kappa shape index (κ3) is 5.39. The predicted molar refractivity (Wildman–Crippen MR) is 123 cm³/mol. The highest BCUT2D eigenvalue weighted by Gasteiger charge is 2.19. The maximum Gasteiger partial charge on any atom is 0.222 e. The second-order valence-electron chi connectivity index (χ2n) is 7.35. The quantitative estimate of drug-likeness (QED) is 0.392. The Bertz CT molecular complexity index is 1050. The molecule has 164 valence electrons. The van der Waals surface area contributed by atoms with Gasteiger partial charge in [-0.05, 0) is 45.4 Å². The minimum atomic E-state index is 0.219. The molecule has 0 bridgehead atoms. The number of aryl methyl sites for hydroxylation is 1. The van der Waals surface area contributed by atoms with Crippen molar-refractivity contribution in [3.63, 3.8) is 0 Å². The number of hydrogen-bond acceptors (Lipinski definition) is 8. The minimum Gasteiger partial charge on any atom is -0.477 e. The van der Waals surface area contributed by atoms with Gasteiger partial charge >= 0.3 is 0 Å². The van der Waals surface area contributed by atoms with Crippen molar-refractivity contribution in [1.82, 2.24) is 15.0 Å². The van der Waals surface area contributed by atoms with Crippen molar-refractivity contribution >= 4 is 17.1 Å². The van der Waals surface area contributed by atoms with Crippen LogP contribution in [0.3, 0.4) is 0 Å². The molecule has 0 aliphatic heterocycles. The van der Waals surface area contributed by atoms with Crippen LogP contribution < -0.4 is 15.4 Å². The average molecular weight is 423 g/mol. The van der Waals surface area contributed by atoms with Crippen LogP contribution >= 0.6 is 0 Å². The van der Waals surface area contributed by atoms with Gasteiger partial charge in [0.15, 0.2) is 5.89 Å². The minimum absolute atomic E-state index is 0.219. The Morgan fingerprint density at radius 1 is 1.29 bits per heavy atom. The van der Waals surface area contributed by atoms with Gasteiger partial charge < -0.3 is 25.2 Å². The highest BCUT2D eigenvalue weighted by molar-refractivity contribution is 6.03. The summed E-state index contributed by atoms with van der Waals surface area (Å²) in [5.74, 6) is 1.87. The number of hydrogen-bond donors (Lipinski definition) is 3. The highest BCUT2D eigenvalue weighted by Crippen LogP contribution is 2.35. The summed E-state index contributed by atoms with van der Waals surface area (Å²) in [6.07, 6.45) is 4.35. The van der Waals surface area contributed by atoms with Crippen LogP contribution in [0.4, 0.5) is 11.4 Å². The summed E-state index contributed by atoms with van der Waals surface area (Å²) in [4.78, 5) is 13.3. The zero-order valence-electron chi connectivity index (χ0n) is 18.7. The van der Waals surface area contributed by atoms with Crippen LogP contribution in [0.25, 0.3) is 11.3 Å². The number of pyridine rings is 2. The summed E-state index contributed by atoms with van der Waals surface area (Å²) in [6, 6.07) is 5.96. The number of nitrogens with one attached hydrogen (secondary N) is 3. The van der Waals surface area contributed by atoms with Crippen molar-refractivity contribution in [2.75, 3.05) is 17.2 Å². The Morgan fingerprint density at radius 3 is 2.74 bits per heavy atom. The molecule has 3 rings (SSSR count). The first-order valence-electron chi connectivity index (χ1n) is 10.5. The van der Waals surface area contributed by atoms with Gasteiger partial charge in [0, 0.05) is 19.2 Å². The maximum absolute atomic E-state index is 8.36. The van der Waals surface area contributed by atoms with E-state index >= 15 is 0 Å². The molecule has 31 heavy (non-hydrogen) atoms. The largest absolute Gasteiger partial charge is 0.477 e. The molecule has 3 aromatic heterocycles. The summed E-state index contributed by atoms with van der Waals surface area (Å²) in [7, 11) is 0. The van der Waals surface area contributed by atoms with Crippen molar-refractivity contribution < 1.29 is 9.15 Å². The topological polar surface area (TPSA) is 109 Å². The molecule has 8 nitrogen and oxygen atoms in total. The van der Waals surface area contributed by atoms with Gasteiger partial charge in [-0.1, -0.05) is 6.92 Å². The summed E-state index contributed by atoms with van der Waals surface area (Å²) < 4.78 is 11.3. The lowest BCUT2D eigenvalue weighted by molar-refractivity contribution is 0.328. The molecular formula is C23H30N6O2. The molecule has 1 unspecified atom stereocenters. The van der Waals surface area contributed by atoms with Crippen molar-refractivity contribution in [3.8, 4) is 17.1 Å². The fourth-order valence-corrected chi connectivity index (χ4v) is 3.10. The molecule has 0 fully saturated rings. The summed E-state index contributed by atoms with van der Waals surface area (Å²) in [5.41, 5.74) is 4.04. The number of nitrogens with zero attached hydrogens (tertiary/aromatic N) is 3. The monoisotopic (exact) mass is 422 g/mol. The van der Waals surface area contributed by atoms with Crippen molar-refractivity contribution in [3.05, 3.63) is 47.9 Å². The molecule has 0 radical (unpaired) electrons. The first kappa shape index (κ1) is 22.3. The Hall–Kier alpha value is -3.42. The predicted octanol–water partition coefficient (Wildman–Crippen LogP) is 5.05. The van der Waals surface area contributed by atoms with Gasteiger partial charge in [0.05, 0.1) is 47.7 Å². The van der Waals surface area contributed by atoms with Crippen LogP contribution in [-0.4, -0.2) is 33.3 Å². The first-order valence-corrected chi connectivity index (χ1v) is 10.5. The molecule has 3 N–H and O–H groups in total. The van der Waals surface area contributed by atoms with Crippen molar-refractivity contribution in [2.24, 2.45) is 0 Å². The van der Waals surface area contributed by atoms with Gasteiger partial charge in [-0.15, -0.1) is 0 Å². The summed E-state index contributed by atoms with van der Waals surface area (Å²) >= 11 is 0. The summed E-state index contributed by atoms with van der Waals surface area (Å²) in [6.45, 7) is 10.7. The van der Waals surface area contributed by atoms with Crippen LogP contribution in [0.5, 0.6) is 5.88 Å². The molecule has 0 aliphatic rings. The lowest BCUT2D eigenvalue weighted by atomic mass is 10.1. The van der Waals surface area contributed by atoms with Gasteiger partial charge in [0.2, 0.25) is 5.88 Å². The molecule has 0 spiro atoms. The van der Waals surface area contributed by atoms with E-state index in [2.05, 4.69) is 34.4 Å². The van der Waals surface area contributed by atoms with Crippen LogP contribution in [-0.2, 0) is 6.54 Å². The Labute approximate surface area is 183 Å². The van der Waals surface area contributed by atoms with Gasteiger partial charge in [-0.25, -0.2) is 15.0 Å². The van der Waals surface area contributed by atoms with Crippen molar-refractivity contribution in [2.45, 2.75) is 53.6 Å².